The topological polar surface area (TPSA) is 95.9 Å². The summed E-state index contributed by atoms with van der Waals surface area (Å²) in [5.74, 6) is -1.52. The Morgan fingerprint density at radius 1 is 1.09 bits per heavy atom. The normalized spacial score (nSPS) is 17.8. The molecule has 0 radical (unpaired) electrons. The standard InChI is InChI=1S/C26H30N2O5/c1-2-7-18(14-24(29)28-13-12-17(15-28)25(30)31)27-26(32)33-16-23-21-10-5-3-8-19(21)20-9-4-6-11-22(20)23/h3-6,8-11,17-18,23H,2,7,12-16H2,1H3,(H,27,32)(H,30,31). The zero-order valence-corrected chi connectivity index (χ0v) is 18.8. The summed E-state index contributed by atoms with van der Waals surface area (Å²) in [4.78, 5) is 38.0. The summed E-state index contributed by atoms with van der Waals surface area (Å²) < 4.78 is 5.62. The molecule has 2 amide bonds. The van der Waals surface area contributed by atoms with Gasteiger partial charge in [-0.05, 0) is 35.1 Å². The second-order valence-electron chi connectivity index (χ2n) is 8.82. The van der Waals surface area contributed by atoms with Crippen LogP contribution in [0.4, 0.5) is 4.79 Å². The minimum Gasteiger partial charge on any atom is -0.481 e. The van der Waals surface area contributed by atoms with Crippen molar-refractivity contribution in [2.24, 2.45) is 5.92 Å². The third-order valence-electron chi connectivity index (χ3n) is 6.61. The second kappa shape index (κ2) is 10.1. The summed E-state index contributed by atoms with van der Waals surface area (Å²) >= 11 is 0. The fraction of sp³-hybridized carbons (Fsp3) is 0.423. The number of ether oxygens (including phenoxy) is 1. The molecule has 0 saturated carbocycles. The second-order valence-corrected chi connectivity index (χ2v) is 8.82. The Hall–Kier alpha value is -3.35. The Labute approximate surface area is 193 Å². The van der Waals surface area contributed by atoms with E-state index in [1.54, 1.807) is 4.90 Å². The molecule has 7 nitrogen and oxygen atoms in total. The first-order valence-corrected chi connectivity index (χ1v) is 11.6. The lowest BCUT2D eigenvalue weighted by Crippen LogP contribution is -2.41. The lowest BCUT2D eigenvalue weighted by atomic mass is 9.98. The van der Waals surface area contributed by atoms with E-state index in [1.165, 1.54) is 11.1 Å². The molecule has 0 bridgehead atoms. The Morgan fingerprint density at radius 2 is 1.73 bits per heavy atom. The first kappa shape index (κ1) is 22.8. The molecule has 2 aromatic rings. The number of likely N-dealkylation sites (tertiary alicyclic amines) is 1. The van der Waals surface area contributed by atoms with Crippen LogP contribution >= 0.6 is 0 Å². The van der Waals surface area contributed by atoms with Crippen molar-refractivity contribution in [3.63, 3.8) is 0 Å². The molecule has 174 valence electrons. The molecule has 2 aliphatic rings. The molecule has 7 heteroatoms. The number of carbonyl (C=O) groups excluding carboxylic acids is 2. The number of alkyl carbamates (subject to hydrolysis) is 1. The zero-order chi connectivity index (χ0) is 23.4. The largest absolute Gasteiger partial charge is 0.481 e. The summed E-state index contributed by atoms with van der Waals surface area (Å²) in [6.45, 7) is 2.89. The Kier molecular flexibility index (Phi) is 6.96. The average molecular weight is 451 g/mol. The van der Waals surface area contributed by atoms with Gasteiger partial charge in [-0.1, -0.05) is 61.9 Å². The highest BCUT2D eigenvalue weighted by molar-refractivity contribution is 5.80. The fourth-order valence-electron chi connectivity index (χ4n) is 4.91. The van der Waals surface area contributed by atoms with Gasteiger partial charge in [-0.3, -0.25) is 9.59 Å². The van der Waals surface area contributed by atoms with Gasteiger partial charge in [-0.15, -0.1) is 0 Å². The van der Waals surface area contributed by atoms with E-state index in [0.717, 1.165) is 17.5 Å². The molecule has 0 spiro atoms. The number of nitrogens with zero attached hydrogens (tertiary/aromatic N) is 1. The van der Waals surface area contributed by atoms with Crippen molar-refractivity contribution < 1.29 is 24.2 Å². The van der Waals surface area contributed by atoms with Gasteiger partial charge in [0, 0.05) is 31.5 Å². The Morgan fingerprint density at radius 3 is 2.30 bits per heavy atom. The summed E-state index contributed by atoms with van der Waals surface area (Å²) in [5, 5.41) is 12.0. The van der Waals surface area contributed by atoms with E-state index in [0.29, 0.717) is 19.4 Å². The van der Waals surface area contributed by atoms with Crippen LogP contribution in [0.15, 0.2) is 48.5 Å². The fourth-order valence-corrected chi connectivity index (χ4v) is 4.91. The SMILES string of the molecule is CCCC(CC(=O)N1CCC(C(=O)O)C1)NC(=O)OCC1c2ccccc2-c2ccccc21. The third-order valence-corrected chi connectivity index (χ3v) is 6.61. The molecule has 2 atom stereocenters. The molecular weight excluding hydrogens is 420 g/mol. The van der Waals surface area contributed by atoms with Crippen molar-refractivity contribution in [1.29, 1.82) is 0 Å². The lowest BCUT2D eigenvalue weighted by Gasteiger charge is -2.22. The highest BCUT2D eigenvalue weighted by atomic mass is 16.5. The van der Waals surface area contributed by atoms with E-state index >= 15 is 0 Å². The van der Waals surface area contributed by atoms with Crippen molar-refractivity contribution in [2.75, 3.05) is 19.7 Å². The molecule has 1 fully saturated rings. The van der Waals surface area contributed by atoms with Gasteiger partial charge in [-0.25, -0.2) is 4.79 Å². The van der Waals surface area contributed by atoms with Crippen LogP contribution in [0.3, 0.4) is 0 Å². The first-order chi connectivity index (χ1) is 16.0. The zero-order valence-electron chi connectivity index (χ0n) is 18.8. The minimum absolute atomic E-state index is 0.0213. The molecule has 2 N–H and O–H groups in total. The molecule has 1 aliphatic heterocycles. The maximum absolute atomic E-state index is 12.7. The quantitative estimate of drug-likeness (QED) is 0.633. The molecule has 1 heterocycles. The van der Waals surface area contributed by atoms with Crippen LogP contribution in [0.2, 0.25) is 0 Å². The van der Waals surface area contributed by atoms with Gasteiger partial charge < -0.3 is 20.1 Å². The number of aliphatic carboxylic acids is 1. The van der Waals surface area contributed by atoms with Crippen LogP contribution in [0, 0.1) is 5.92 Å². The maximum atomic E-state index is 12.7. The van der Waals surface area contributed by atoms with Gasteiger partial charge in [0.05, 0.1) is 5.92 Å². The smallest absolute Gasteiger partial charge is 0.407 e. The van der Waals surface area contributed by atoms with E-state index in [4.69, 9.17) is 9.84 Å². The summed E-state index contributed by atoms with van der Waals surface area (Å²) in [7, 11) is 0. The first-order valence-electron chi connectivity index (χ1n) is 11.6. The molecular formula is C26H30N2O5. The highest BCUT2D eigenvalue weighted by Crippen LogP contribution is 2.44. The molecule has 33 heavy (non-hydrogen) atoms. The highest BCUT2D eigenvalue weighted by Gasteiger charge is 2.32. The maximum Gasteiger partial charge on any atom is 0.407 e. The van der Waals surface area contributed by atoms with E-state index in [1.807, 2.05) is 31.2 Å². The average Bonchev–Trinajstić information content (AvgIpc) is 3.42. The number of benzene rings is 2. The van der Waals surface area contributed by atoms with Crippen LogP contribution in [0.25, 0.3) is 11.1 Å². The number of nitrogens with one attached hydrogen (secondary N) is 1. The summed E-state index contributed by atoms with van der Waals surface area (Å²) in [5.41, 5.74) is 4.63. The predicted molar refractivity (Wildman–Crippen MR) is 124 cm³/mol. The number of hydrogen-bond donors (Lipinski definition) is 2. The van der Waals surface area contributed by atoms with Crippen molar-refractivity contribution in [1.82, 2.24) is 10.2 Å². The number of fused-ring (bicyclic) bond motifs is 3. The van der Waals surface area contributed by atoms with Gasteiger partial charge in [0.15, 0.2) is 0 Å². The predicted octanol–water partition coefficient (Wildman–Crippen LogP) is 4.02. The monoisotopic (exact) mass is 450 g/mol. The van der Waals surface area contributed by atoms with Gasteiger partial charge in [-0.2, -0.15) is 0 Å². The molecule has 0 aromatic heterocycles. The van der Waals surface area contributed by atoms with Gasteiger partial charge >= 0.3 is 12.1 Å². The number of rotatable bonds is 8. The van der Waals surface area contributed by atoms with Crippen LogP contribution < -0.4 is 5.32 Å². The van der Waals surface area contributed by atoms with E-state index in [9.17, 15) is 14.4 Å². The van der Waals surface area contributed by atoms with E-state index < -0.39 is 18.0 Å². The van der Waals surface area contributed by atoms with E-state index in [-0.39, 0.29) is 37.4 Å². The van der Waals surface area contributed by atoms with Crippen molar-refractivity contribution in [3.05, 3.63) is 59.7 Å². The number of carbonyl (C=O) groups is 3. The Bertz CT molecular complexity index is 991. The van der Waals surface area contributed by atoms with Crippen LogP contribution in [0.5, 0.6) is 0 Å². The van der Waals surface area contributed by atoms with Crippen molar-refractivity contribution >= 4 is 18.0 Å². The number of hydrogen-bond acceptors (Lipinski definition) is 4. The third kappa shape index (κ3) is 5.02. The van der Waals surface area contributed by atoms with Crippen molar-refractivity contribution in [3.8, 4) is 11.1 Å². The minimum atomic E-state index is -0.868. The number of amides is 2. The van der Waals surface area contributed by atoms with Crippen LogP contribution in [0.1, 0.15) is 49.7 Å². The van der Waals surface area contributed by atoms with Gasteiger partial charge in [0.2, 0.25) is 5.91 Å². The summed E-state index contributed by atoms with van der Waals surface area (Å²) in [6.07, 6.45) is 1.53. The Balaban J connectivity index is 1.34. The number of carboxylic acids is 1. The van der Waals surface area contributed by atoms with E-state index in [2.05, 4.69) is 29.6 Å². The molecule has 1 aliphatic carbocycles. The molecule has 4 rings (SSSR count). The van der Waals surface area contributed by atoms with Gasteiger partial charge in [0.1, 0.15) is 6.61 Å². The van der Waals surface area contributed by atoms with Crippen LogP contribution in [-0.4, -0.2) is 53.7 Å². The molecule has 2 unspecified atom stereocenters. The van der Waals surface area contributed by atoms with Gasteiger partial charge in [0.25, 0.3) is 0 Å². The summed E-state index contributed by atoms with van der Waals surface area (Å²) in [6, 6.07) is 16.0. The number of carboxylic acid groups (broad SMARTS) is 1. The van der Waals surface area contributed by atoms with Crippen molar-refractivity contribution in [2.45, 2.75) is 44.6 Å². The molecule has 1 saturated heterocycles. The molecule has 2 aromatic carbocycles. The van der Waals surface area contributed by atoms with Crippen LogP contribution in [-0.2, 0) is 14.3 Å². The lowest BCUT2D eigenvalue weighted by molar-refractivity contribution is -0.141.